The quantitative estimate of drug-likeness (QED) is 0.384. The first-order valence-electron chi connectivity index (χ1n) is 7.62. The summed E-state index contributed by atoms with van der Waals surface area (Å²) in [7, 11) is 0. The molecule has 0 spiro atoms. The molecule has 0 radical (unpaired) electrons. The maximum absolute atomic E-state index is 12.2. The predicted octanol–water partition coefficient (Wildman–Crippen LogP) is -1.48. The van der Waals surface area contributed by atoms with Gasteiger partial charge in [0, 0.05) is 6.20 Å². The van der Waals surface area contributed by atoms with Crippen molar-refractivity contribution < 1.29 is 29.7 Å². The number of carbonyl (C=O) groups excluding carboxylic acids is 2. The number of aliphatic carboxylic acids is 1. The molecule has 2 amide bonds. The number of carboxylic acid groups (broad SMARTS) is 1. The Morgan fingerprint density at radius 3 is 2.27 bits per heavy atom. The molecule has 5 N–H and O–H groups in total. The zero-order chi connectivity index (χ0) is 19.1. The minimum atomic E-state index is -1.53. The van der Waals surface area contributed by atoms with Gasteiger partial charge in [0.1, 0.15) is 12.1 Å². The highest BCUT2D eigenvalue weighted by molar-refractivity contribution is 5.97. The number of aromatic nitrogens is 2. The summed E-state index contributed by atoms with van der Waals surface area (Å²) < 4.78 is 1.47. The third kappa shape index (κ3) is 4.65. The summed E-state index contributed by atoms with van der Waals surface area (Å²) in [6.45, 7) is -1.57. The van der Waals surface area contributed by atoms with Crippen LogP contribution in [0.3, 0.4) is 0 Å². The molecule has 2 atom stereocenters. The molecule has 1 heterocycles. The van der Waals surface area contributed by atoms with Crippen LogP contribution in [0, 0.1) is 0 Å². The van der Waals surface area contributed by atoms with Crippen molar-refractivity contribution in [1.82, 2.24) is 20.4 Å². The van der Waals surface area contributed by atoms with E-state index in [0.29, 0.717) is 0 Å². The van der Waals surface area contributed by atoms with E-state index >= 15 is 0 Å². The molecule has 0 aliphatic heterocycles. The van der Waals surface area contributed by atoms with Crippen molar-refractivity contribution >= 4 is 17.8 Å². The SMILES string of the molecule is O=C(N[C@@H](CO)C(=O)N[C@@H](CO)C(=O)O)c1cnn(-c2ccccc2)c1. The molecular formula is C16H18N4O6. The maximum atomic E-state index is 12.2. The Morgan fingerprint density at radius 2 is 1.69 bits per heavy atom. The molecule has 0 aliphatic rings. The molecule has 0 aliphatic carbocycles. The molecule has 0 saturated carbocycles. The van der Waals surface area contributed by atoms with Crippen molar-refractivity contribution in [3.8, 4) is 5.69 Å². The average molecular weight is 362 g/mol. The third-order valence-electron chi connectivity index (χ3n) is 3.47. The smallest absolute Gasteiger partial charge is 0.328 e. The van der Waals surface area contributed by atoms with Crippen LogP contribution in [0.2, 0.25) is 0 Å². The van der Waals surface area contributed by atoms with Crippen LogP contribution in [0.5, 0.6) is 0 Å². The zero-order valence-electron chi connectivity index (χ0n) is 13.6. The Labute approximate surface area is 148 Å². The van der Waals surface area contributed by atoms with Gasteiger partial charge >= 0.3 is 5.97 Å². The Balaban J connectivity index is 2.04. The van der Waals surface area contributed by atoms with Gasteiger partial charge in [0.25, 0.3) is 5.91 Å². The standard InChI is InChI=1S/C16H18N4O6/c21-8-12(15(24)19-13(9-22)16(25)26)18-14(23)10-6-17-20(7-10)11-4-2-1-3-5-11/h1-7,12-13,21-22H,8-9H2,(H,18,23)(H,19,24)(H,25,26)/t12-,13-/m0/s1. The van der Waals surface area contributed by atoms with Gasteiger partial charge in [-0.15, -0.1) is 0 Å². The van der Waals surface area contributed by atoms with Crippen LogP contribution in [0.25, 0.3) is 5.69 Å². The number of para-hydroxylation sites is 1. The fraction of sp³-hybridized carbons (Fsp3) is 0.250. The van der Waals surface area contributed by atoms with Crippen molar-refractivity contribution in [2.75, 3.05) is 13.2 Å². The highest BCUT2D eigenvalue weighted by Gasteiger charge is 2.26. The number of nitrogens with zero attached hydrogens (tertiary/aromatic N) is 2. The molecule has 0 unspecified atom stereocenters. The molecule has 10 nitrogen and oxygen atoms in total. The lowest BCUT2D eigenvalue weighted by Gasteiger charge is -2.18. The lowest BCUT2D eigenvalue weighted by Crippen LogP contribution is -2.54. The Bertz CT molecular complexity index is 776. The number of rotatable bonds is 8. The average Bonchev–Trinajstić information content (AvgIpc) is 3.14. The van der Waals surface area contributed by atoms with Crippen LogP contribution in [0.4, 0.5) is 0 Å². The number of hydrogen-bond acceptors (Lipinski definition) is 6. The first-order valence-corrected chi connectivity index (χ1v) is 7.62. The molecule has 1 aromatic heterocycles. The third-order valence-corrected chi connectivity index (χ3v) is 3.47. The number of nitrogens with one attached hydrogen (secondary N) is 2. The number of hydrogen-bond donors (Lipinski definition) is 5. The van der Waals surface area contributed by atoms with Gasteiger partial charge in [-0.1, -0.05) is 18.2 Å². The minimum absolute atomic E-state index is 0.150. The Morgan fingerprint density at radius 1 is 1.04 bits per heavy atom. The predicted molar refractivity (Wildman–Crippen MR) is 88.6 cm³/mol. The van der Waals surface area contributed by atoms with E-state index in [1.165, 1.54) is 17.1 Å². The molecular weight excluding hydrogens is 344 g/mol. The monoisotopic (exact) mass is 362 g/mol. The number of aliphatic hydroxyl groups is 2. The van der Waals surface area contributed by atoms with Gasteiger partial charge < -0.3 is 26.0 Å². The molecule has 10 heteroatoms. The lowest BCUT2D eigenvalue weighted by molar-refractivity contribution is -0.143. The molecule has 2 rings (SSSR count). The van der Waals surface area contributed by atoms with Crippen LogP contribution in [0.1, 0.15) is 10.4 Å². The summed E-state index contributed by atoms with van der Waals surface area (Å²) in [5.41, 5.74) is 0.882. The largest absolute Gasteiger partial charge is 0.480 e. The first-order chi connectivity index (χ1) is 12.5. The molecule has 26 heavy (non-hydrogen) atoms. The number of amides is 2. The van der Waals surface area contributed by atoms with Gasteiger partial charge in [-0.2, -0.15) is 5.10 Å². The van der Waals surface area contributed by atoms with E-state index in [4.69, 9.17) is 10.2 Å². The van der Waals surface area contributed by atoms with E-state index in [1.54, 1.807) is 12.1 Å². The van der Waals surface area contributed by atoms with E-state index in [-0.39, 0.29) is 5.56 Å². The summed E-state index contributed by atoms with van der Waals surface area (Å²) in [5.74, 6) is -3.04. The van der Waals surface area contributed by atoms with Crippen molar-refractivity contribution in [1.29, 1.82) is 0 Å². The van der Waals surface area contributed by atoms with Gasteiger partial charge in [0.05, 0.1) is 30.7 Å². The van der Waals surface area contributed by atoms with Gasteiger partial charge in [-0.25, -0.2) is 9.48 Å². The van der Waals surface area contributed by atoms with E-state index < -0.39 is 43.1 Å². The molecule has 0 saturated heterocycles. The highest BCUT2D eigenvalue weighted by Crippen LogP contribution is 2.07. The fourth-order valence-electron chi connectivity index (χ4n) is 2.06. The highest BCUT2D eigenvalue weighted by atomic mass is 16.4. The van der Waals surface area contributed by atoms with Crippen LogP contribution in [-0.2, 0) is 9.59 Å². The van der Waals surface area contributed by atoms with Crippen molar-refractivity contribution in [3.05, 3.63) is 48.3 Å². The number of carboxylic acids is 1. The zero-order valence-corrected chi connectivity index (χ0v) is 13.6. The van der Waals surface area contributed by atoms with Crippen LogP contribution < -0.4 is 10.6 Å². The fourth-order valence-corrected chi connectivity index (χ4v) is 2.06. The molecule has 138 valence electrons. The second-order valence-corrected chi connectivity index (χ2v) is 5.30. The minimum Gasteiger partial charge on any atom is -0.480 e. The van der Waals surface area contributed by atoms with Crippen molar-refractivity contribution in [2.45, 2.75) is 12.1 Å². The summed E-state index contributed by atoms with van der Waals surface area (Å²) in [6.07, 6.45) is 2.74. The second kappa shape index (κ2) is 8.74. The normalized spacial score (nSPS) is 12.8. The van der Waals surface area contributed by atoms with Crippen molar-refractivity contribution in [2.24, 2.45) is 0 Å². The van der Waals surface area contributed by atoms with Crippen LogP contribution >= 0.6 is 0 Å². The first kappa shape index (κ1) is 19.1. The van der Waals surface area contributed by atoms with E-state index in [0.717, 1.165) is 5.69 Å². The van der Waals surface area contributed by atoms with Crippen LogP contribution in [-0.4, -0.2) is 68.2 Å². The van der Waals surface area contributed by atoms with Crippen molar-refractivity contribution in [3.63, 3.8) is 0 Å². The van der Waals surface area contributed by atoms with Gasteiger partial charge in [-0.3, -0.25) is 9.59 Å². The molecule has 2 aromatic rings. The summed E-state index contributed by atoms with van der Waals surface area (Å²) in [4.78, 5) is 35.0. The topological polar surface area (TPSA) is 154 Å². The number of benzene rings is 1. The summed E-state index contributed by atoms with van der Waals surface area (Å²) >= 11 is 0. The lowest BCUT2D eigenvalue weighted by atomic mass is 10.2. The number of carbonyl (C=O) groups is 3. The van der Waals surface area contributed by atoms with Gasteiger partial charge in [-0.05, 0) is 12.1 Å². The summed E-state index contributed by atoms with van der Waals surface area (Å²) in [6, 6.07) is 6.12. The molecule has 0 fully saturated rings. The van der Waals surface area contributed by atoms with E-state index in [1.807, 2.05) is 23.5 Å². The Hall–Kier alpha value is -3.24. The molecule has 0 bridgehead atoms. The van der Waals surface area contributed by atoms with Gasteiger partial charge in [0.2, 0.25) is 5.91 Å². The molecule has 1 aromatic carbocycles. The number of aliphatic hydroxyl groups excluding tert-OH is 2. The second-order valence-electron chi connectivity index (χ2n) is 5.30. The van der Waals surface area contributed by atoms with E-state index in [9.17, 15) is 19.5 Å². The van der Waals surface area contributed by atoms with Gasteiger partial charge in [0.15, 0.2) is 0 Å². The maximum Gasteiger partial charge on any atom is 0.328 e. The van der Waals surface area contributed by atoms with E-state index in [2.05, 4.69) is 10.4 Å². The summed E-state index contributed by atoms with van der Waals surface area (Å²) in [5, 5.41) is 35.4. The Kier molecular flexibility index (Phi) is 6.42. The van der Waals surface area contributed by atoms with Crippen LogP contribution in [0.15, 0.2) is 42.7 Å².